The summed E-state index contributed by atoms with van der Waals surface area (Å²) in [6.07, 6.45) is 2.40. The monoisotopic (exact) mass is 502 g/mol. The topological polar surface area (TPSA) is 91.4 Å². The lowest BCUT2D eigenvalue weighted by atomic mass is 10.1. The summed E-state index contributed by atoms with van der Waals surface area (Å²) in [6, 6.07) is 7.82. The van der Waals surface area contributed by atoms with Crippen molar-refractivity contribution in [2.45, 2.75) is 73.9 Å². The second kappa shape index (κ2) is 16.0. The van der Waals surface area contributed by atoms with Gasteiger partial charge in [0.15, 0.2) is 0 Å². The van der Waals surface area contributed by atoms with Gasteiger partial charge in [0.05, 0.1) is 16.1 Å². The predicted octanol–water partition coefficient (Wildman–Crippen LogP) is 4.80. The van der Waals surface area contributed by atoms with Gasteiger partial charge >= 0.3 is 0 Å². The molecule has 1 unspecified atom stereocenters. The smallest absolute Gasteiger partial charge is 0.243 e. The Morgan fingerprint density at radius 2 is 1.77 bits per heavy atom. The summed E-state index contributed by atoms with van der Waals surface area (Å²) in [5, 5.41) is 5.63. The minimum Gasteiger partial charge on any atom is -0.356 e. The van der Waals surface area contributed by atoms with Crippen molar-refractivity contribution in [3.8, 4) is 10.4 Å². The molecule has 1 aliphatic heterocycles. The molecule has 1 aliphatic rings. The van der Waals surface area contributed by atoms with Gasteiger partial charge in [-0.15, -0.1) is 11.3 Å². The SMILES string of the molecule is CC(C)C.CCNC(=O)C(C)C.Cc1ncsc1-c1ccc(CNC(=O)C2CCCN2C=O)cc1. The third-order valence-corrected chi connectivity index (χ3v) is 6.01. The van der Waals surface area contributed by atoms with Gasteiger partial charge in [0.25, 0.3) is 0 Å². The molecule has 0 aliphatic carbocycles. The highest BCUT2D eigenvalue weighted by molar-refractivity contribution is 7.13. The highest BCUT2D eigenvalue weighted by Crippen LogP contribution is 2.27. The van der Waals surface area contributed by atoms with E-state index in [-0.39, 0.29) is 23.8 Å². The Morgan fingerprint density at radius 3 is 2.23 bits per heavy atom. The van der Waals surface area contributed by atoms with Gasteiger partial charge < -0.3 is 15.5 Å². The fourth-order valence-corrected chi connectivity index (χ4v) is 4.05. The molecule has 3 amide bonds. The fourth-order valence-electron chi connectivity index (χ4n) is 3.24. The summed E-state index contributed by atoms with van der Waals surface area (Å²) < 4.78 is 0. The van der Waals surface area contributed by atoms with Gasteiger partial charge in [-0.05, 0) is 43.7 Å². The number of aromatic nitrogens is 1. The zero-order valence-electron chi connectivity index (χ0n) is 22.3. The summed E-state index contributed by atoms with van der Waals surface area (Å²) in [5.41, 5.74) is 5.06. The van der Waals surface area contributed by atoms with E-state index in [0.717, 1.165) is 48.5 Å². The second-order valence-corrected chi connectivity index (χ2v) is 10.3. The van der Waals surface area contributed by atoms with E-state index in [2.05, 4.69) is 48.5 Å². The number of nitrogens with zero attached hydrogens (tertiary/aromatic N) is 2. The van der Waals surface area contributed by atoms with Crippen molar-refractivity contribution in [3.05, 3.63) is 41.0 Å². The molecular formula is C27H42N4O3S. The summed E-state index contributed by atoms with van der Waals surface area (Å²) in [7, 11) is 0. The molecule has 0 bridgehead atoms. The summed E-state index contributed by atoms with van der Waals surface area (Å²) in [5.74, 6) is 1.01. The maximum atomic E-state index is 12.2. The van der Waals surface area contributed by atoms with Crippen molar-refractivity contribution in [2.75, 3.05) is 13.1 Å². The average Bonchev–Trinajstić information content (AvgIpc) is 3.47. The highest BCUT2D eigenvalue weighted by atomic mass is 32.1. The van der Waals surface area contributed by atoms with Crippen LogP contribution in [-0.2, 0) is 20.9 Å². The normalized spacial score (nSPS) is 14.5. The zero-order chi connectivity index (χ0) is 26.4. The molecule has 0 saturated carbocycles. The average molecular weight is 503 g/mol. The van der Waals surface area contributed by atoms with Crippen LogP contribution in [0.2, 0.25) is 0 Å². The van der Waals surface area contributed by atoms with E-state index in [1.807, 2.05) is 45.3 Å². The summed E-state index contributed by atoms with van der Waals surface area (Å²) in [6.45, 7) is 16.1. The lowest BCUT2D eigenvalue weighted by molar-refractivity contribution is -0.131. The van der Waals surface area contributed by atoms with Crippen molar-refractivity contribution in [1.29, 1.82) is 0 Å². The first-order valence-corrected chi connectivity index (χ1v) is 13.2. The third-order valence-electron chi connectivity index (χ3n) is 5.04. The molecule has 35 heavy (non-hydrogen) atoms. The van der Waals surface area contributed by atoms with Crippen molar-refractivity contribution >= 4 is 29.6 Å². The van der Waals surface area contributed by atoms with E-state index in [9.17, 15) is 14.4 Å². The standard InChI is InChI=1S/C17H19N3O2S.C6H13NO.C4H10/c1-12-16(23-10-19-12)14-6-4-13(5-7-14)9-18-17(22)15-3-2-8-20(15)11-21;1-4-7-6(8)5(2)3;1-4(2)3/h4-7,10-11,15H,2-3,8-9H2,1H3,(H,18,22);5H,4H2,1-3H3,(H,7,8);4H,1-3H3. The molecule has 1 fully saturated rings. The van der Waals surface area contributed by atoms with Crippen LogP contribution in [0.25, 0.3) is 10.4 Å². The molecule has 2 heterocycles. The van der Waals surface area contributed by atoms with Crippen LogP contribution in [0.3, 0.4) is 0 Å². The third kappa shape index (κ3) is 11.0. The molecule has 1 saturated heterocycles. The molecule has 3 rings (SSSR count). The predicted molar refractivity (Wildman–Crippen MR) is 144 cm³/mol. The summed E-state index contributed by atoms with van der Waals surface area (Å²) >= 11 is 1.63. The lowest BCUT2D eigenvalue weighted by Gasteiger charge is -2.19. The van der Waals surface area contributed by atoms with E-state index < -0.39 is 0 Å². The van der Waals surface area contributed by atoms with E-state index in [4.69, 9.17) is 0 Å². The van der Waals surface area contributed by atoms with Gasteiger partial charge in [0.2, 0.25) is 18.2 Å². The quantitative estimate of drug-likeness (QED) is 0.532. The van der Waals surface area contributed by atoms with E-state index in [1.165, 1.54) is 4.88 Å². The Hall–Kier alpha value is -2.74. The summed E-state index contributed by atoms with van der Waals surface area (Å²) in [4.78, 5) is 40.7. The number of hydrogen-bond donors (Lipinski definition) is 2. The van der Waals surface area contributed by atoms with E-state index in [1.54, 1.807) is 16.2 Å². The van der Waals surface area contributed by atoms with Gasteiger partial charge in [0.1, 0.15) is 6.04 Å². The van der Waals surface area contributed by atoms with Gasteiger partial charge in [-0.3, -0.25) is 14.4 Å². The Labute approximate surface area is 214 Å². The highest BCUT2D eigenvalue weighted by Gasteiger charge is 2.29. The van der Waals surface area contributed by atoms with Gasteiger partial charge in [-0.25, -0.2) is 4.98 Å². The van der Waals surface area contributed by atoms with Gasteiger partial charge in [-0.2, -0.15) is 0 Å². The number of aryl methyl sites for hydroxylation is 1. The minimum absolute atomic E-state index is 0.0722. The number of nitrogens with one attached hydrogen (secondary N) is 2. The number of benzene rings is 1. The Morgan fingerprint density at radius 1 is 1.14 bits per heavy atom. The second-order valence-electron chi connectivity index (χ2n) is 9.46. The number of thiazole rings is 1. The maximum absolute atomic E-state index is 12.2. The molecule has 0 radical (unpaired) electrons. The zero-order valence-corrected chi connectivity index (χ0v) is 23.1. The van der Waals surface area contributed by atoms with Crippen molar-refractivity contribution in [1.82, 2.24) is 20.5 Å². The Kier molecular flexibility index (Phi) is 13.9. The van der Waals surface area contributed by atoms with E-state index in [0.29, 0.717) is 13.1 Å². The minimum atomic E-state index is -0.313. The van der Waals surface area contributed by atoms with Crippen LogP contribution in [0.1, 0.15) is 65.6 Å². The van der Waals surface area contributed by atoms with Crippen LogP contribution in [0.4, 0.5) is 0 Å². The molecule has 0 spiro atoms. The first-order chi connectivity index (χ1) is 16.6. The number of carbonyl (C=O) groups excluding carboxylic acids is 3. The first-order valence-electron chi connectivity index (χ1n) is 12.4. The van der Waals surface area contributed by atoms with Crippen LogP contribution in [0.5, 0.6) is 0 Å². The van der Waals surface area contributed by atoms with Crippen LogP contribution in [0, 0.1) is 18.8 Å². The molecule has 8 heteroatoms. The van der Waals surface area contributed by atoms with E-state index >= 15 is 0 Å². The largest absolute Gasteiger partial charge is 0.356 e. The molecule has 1 aromatic heterocycles. The molecule has 194 valence electrons. The van der Waals surface area contributed by atoms with Crippen LogP contribution in [0.15, 0.2) is 29.8 Å². The molecule has 1 aromatic carbocycles. The van der Waals surface area contributed by atoms with Crippen molar-refractivity contribution in [3.63, 3.8) is 0 Å². The van der Waals surface area contributed by atoms with Gasteiger partial charge in [0, 0.05) is 25.6 Å². The molecular weight excluding hydrogens is 460 g/mol. The van der Waals surface area contributed by atoms with Crippen molar-refractivity contribution in [2.24, 2.45) is 11.8 Å². The Bertz CT molecular complexity index is 907. The number of rotatable bonds is 7. The number of likely N-dealkylation sites (tertiary alicyclic amines) is 1. The number of hydrogen-bond acceptors (Lipinski definition) is 5. The maximum Gasteiger partial charge on any atom is 0.243 e. The molecule has 1 atom stereocenters. The molecule has 7 nitrogen and oxygen atoms in total. The van der Waals surface area contributed by atoms with Crippen LogP contribution in [-0.4, -0.2) is 47.2 Å². The van der Waals surface area contributed by atoms with Crippen LogP contribution >= 0.6 is 11.3 Å². The molecule has 2 N–H and O–H groups in total. The lowest BCUT2D eigenvalue weighted by Crippen LogP contribution is -2.42. The fraction of sp³-hybridized carbons (Fsp3) is 0.556. The molecule has 2 aromatic rings. The van der Waals surface area contributed by atoms with Crippen molar-refractivity contribution < 1.29 is 14.4 Å². The number of amides is 3. The van der Waals surface area contributed by atoms with Crippen LogP contribution < -0.4 is 10.6 Å². The first kappa shape index (κ1) is 30.3. The van der Waals surface area contributed by atoms with Gasteiger partial charge in [-0.1, -0.05) is 58.9 Å². The number of carbonyl (C=O) groups is 3. The Balaban J connectivity index is 0.000000427.